The number of carbonyl (C=O) groups excluding carboxylic acids is 1. The van der Waals surface area contributed by atoms with Crippen molar-refractivity contribution in [3.05, 3.63) is 65.7 Å². The van der Waals surface area contributed by atoms with Gasteiger partial charge >= 0.3 is 6.18 Å². The molecule has 5 nitrogen and oxygen atoms in total. The monoisotopic (exact) mass is 428 g/mol. The average molecular weight is 428 g/mol. The molecule has 9 heteroatoms. The fourth-order valence-electron chi connectivity index (χ4n) is 2.82. The van der Waals surface area contributed by atoms with Gasteiger partial charge in [0, 0.05) is 13.3 Å². The lowest BCUT2D eigenvalue weighted by molar-refractivity contribution is -0.159. The lowest BCUT2D eigenvalue weighted by atomic mass is 10.1. The lowest BCUT2D eigenvalue weighted by Gasteiger charge is -2.27. The first kappa shape index (κ1) is 22.9. The molecule has 2 aromatic carbocycles. The molecule has 29 heavy (non-hydrogen) atoms. The van der Waals surface area contributed by atoms with Crippen LogP contribution in [0.1, 0.15) is 30.1 Å². The van der Waals surface area contributed by atoms with E-state index < -0.39 is 40.5 Å². The van der Waals surface area contributed by atoms with Gasteiger partial charge in [-0.2, -0.15) is 13.2 Å². The van der Waals surface area contributed by atoms with Gasteiger partial charge in [0.05, 0.1) is 17.5 Å². The van der Waals surface area contributed by atoms with E-state index in [9.17, 15) is 26.4 Å². The van der Waals surface area contributed by atoms with Gasteiger partial charge in [0.2, 0.25) is 5.91 Å². The van der Waals surface area contributed by atoms with Gasteiger partial charge in [-0.1, -0.05) is 42.5 Å². The number of alkyl halides is 3. The van der Waals surface area contributed by atoms with Crippen LogP contribution in [-0.4, -0.2) is 45.2 Å². The summed E-state index contributed by atoms with van der Waals surface area (Å²) in [6.07, 6.45) is -3.45. The molecule has 0 saturated heterocycles. The third-order valence-corrected chi connectivity index (χ3v) is 5.81. The van der Waals surface area contributed by atoms with Crippen molar-refractivity contribution >= 4 is 15.7 Å². The number of nitrogens with one attached hydrogen (secondary N) is 1. The highest BCUT2D eigenvalue weighted by Gasteiger charge is 2.40. The molecule has 2 aromatic rings. The fourth-order valence-corrected chi connectivity index (χ4v) is 3.45. The summed E-state index contributed by atoms with van der Waals surface area (Å²) in [6.45, 7) is 1.22. The van der Waals surface area contributed by atoms with Crippen molar-refractivity contribution in [2.75, 3.05) is 19.8 Å². The molecule has 2 rings (SSSR count). The average Bonchev–Trinajstić information content (AvgIpc) is 2.66. The predicted molar refractivity (Wildman–Crippen MR) is 104 cm³/mol. The second-order valence-corrected chi connectivity index (χ2v) is 8.80. The number of halogens is 3. The second-order valence-electron chi connectivity index (χ2n) is 6.79. The molecule has 0 aliphatic heterocycles. The van der Waals surface area contributed by atoms with Crippen molar-refractivity contribution in [1.29, 1.82) is 0 Å². The summed E-state index contributed by atoms with van der Waals surface area (Å²) in [7, 11) is -1.85. The molecule has 0 heterocycles. The molecule has 1 N–H and O–H groups in total. The summed E-state index contributed by atoms with van der Waals surface area (Å²) >= 11 is 0. The molecule has 0 aliphatic rings. The molecule has 2 atom stereocenters. The van der Waals surface area contributed by atoms with Crippen molar-refractivity contribution in [2.45, 2.75) is 30.1 Å². The Hall–Kier alpha value is -2.39. The van der Waals surface area contributed by atoms with Crippen LogP contribution in [0.5, 0.6) is 0 Å². The molecular formula is C20H23F3N2O3S. The van der Waals surface area contributed by atoms with Crippen LogP contribution in [0, 0.1) is 0 Å². The number of hydrogen-bond donors (Lipinski definition) is 1. The number of benzene rings is 2. The summed E-state index contributed by atoms with van der Waals surface area (Å²) in [5, 5.41) is 2.30. The molecule has 0 saturated carbocycles. The molecule has 0 bridgehead atoms. The minimum Gasteiger partial charge on any atom is -0.338 e. The van der Waals surface area contributed by atoms with Crippen LogP contribution < -0.4 is 5.32 Å². The molecule has 0 radical (unpaired) electrons. The van der Waals surface area contributed by atoms with E-state index in [4.69, 9.17) is 0 Å². The number of likely N-dealkylation sites (N-methyl/N-ethyl adjacent to an activating group) is 1. The van der Waals surface area contributed by atoms with Crippen LogP contribution in [0.2, 0.25) is 0 Å². The van der Waals surface area contributed by atoms with Gasteiger partial charge in [0.25, 0.3) is 0 Å². The van der Waals surface area contributed by atoms with Crippen LogP contribution >= 0.6 is 0 Å². The Morgan fingerprint density at radius 3 is 2.07 bits per heavy atom. The lowest BCUT2D eigenvalue weighted by Crippen LogP contribution is -2.42. The van der Waals surface area contributed by atoms with Gasteiger partial charge < -0.3 is 4.90 Å². The minimum absolute atomic E-state index is 0.0277. The summed E-state index contributed by atoms with van der Waals surface area (Å²) in [6, 6.07) is 11.0. The molecule has 0 spiro atoms. The van der Waals surface area contributed by atoms with E-state index in [1.54, 1.807) is 25.1 Å². The normalized spacial score (nSPS) is 14.3. The first-order chi connectivity index (χ1) is 13.4. The van der Waals surface area contributed by atoms with Crippen LogP contribution in [0.25, 0.3) is 0 Å². The zero-order valence-corrected chi connectivity index (χ0v) is 17.1. The van der Waals surface area contributed by atoms with Crippen LogP contribution in [0.15, 0.2) is 59.5 Å². The van der Waals surface area contributed by atoms with Gasteiger partial charge in [-0.15, -0.1) is 0 Å². The third-order valence-electron chi connectivity index (χ3n) is 4.68. The van der Waals surface area contributed by atoms with Crippen LogP contribution in [0.4, 0.5) is 13.2 Å². The number of nitrogens with zero attached hydrogens (tertiary/aromatic N) is 1. The molecular weight excluding hydrogens is 405 g/mol. The van der Waals surface area contributed by atoms with Crippen molar-refractivity contribution in [2.24, 2.45) is 0 Å². The number of rotatable bonds is 7. The Balaban J connectivity index is 2.07. The van der Waals surface area contributed by atoms with E-state index in [0.717, 1.165) is 6.26 Å². The van der Waals surface area contributed by atoms with E-state index in [-0.39, 0.29) is 10.5 Å². The third kappa shape index (κ3) is 6.04. The highest BCUT2D eigenvalue weighted by atomic mass is 32.2. The highest BCUT2D eigenvalue weighted by Crippen LogP contribution is 2.32. The Bertz CT molecular complexity index is 930. The van der Waals surface area contributed by atoms with E-state index in [1.165, 1.54) is 48.3 Å². The van der Waals surface area contributed by atoms with Crippen molar-refractivity contribution < 1.29 is 26.4 Å². The first-order valence-corrected chi connectivity index (χ1v) is 10.7. The number of sulfone groups is 1. The maximum atomic E-state index is 13.4. The SMILES string of the molecule is CC(c1ccc(S(C)(=O)=O)cc1)N(C)C(=O)CNC(c1ccccc1)C(F)(F)F. The number of amides is 1. The Morgan fingerprint density at radius 1 is 1.03 bits per heavy atom. The Kier molecular flexibility index (Phi) is 7.07. The maximum absolute atomic E-state index is 13.4. The topological polar surface area (TPSA) is 66.5 Å². The summed E-state index contributed by atoms with van der Waals surface area (Å²) in [4.78, 5) is 13.9. The number of carbonyl (C=O) groups is 1. The van der Waals surface area contributed by atoms with E-state index in [0.29, 0.717) is 5.56 Å². The summed E-state index contributed by atoms with van der Waals surface area (Å²) in [5.74, 6) is -0.519. The van der Waals surface area contributed by atoms with E-state index in [1.807, 2.05) is 0 Å². The van der Waals surface area contributed by atoms with Crippen molar-refractivity contribution in [3.8, 4) is 0 Å². The maximum Gasteiger partial charge on any atom is 0.407 e. The van der Waals surface area contributed by atoms with Gasteiger partial charge in [0.1, 0.15) is 6.04 Å². The first-order valence-electron chi connectivity index (χ1n) is 8.82. The minimum atomic E-state index is -4.55. The van der Waals surface area contributed by atoms with Gasteiger partial charge in [0.15, 0.2) is 9.84 Å². The van der Waals surface area contributed by atoms with Gasteiger partial charge in [-0.25, -0.2) is 8.42 Å². The van der Waals surface area contributed by atoms with Crippen molar-refractivity contribution in [1.82, 2.24) is 10.2 Å². The van der Waals surface area contributed by atoms with Gasteiger partial charge in [-0.05, 0) is 30.2 Å². The van der Waals surface area contributed by atoms with E-state index >= 15 is 0 Å². The quantitative estimate of drug-likeness (QED) is 0.733. The molecule has 2 unspecified atom stereocenters. The molecule has 0 fully saturated rings. The van der Waals surface area contributed by atoms with Crippen LogP contribution in [0.3, 0.4) is 0 Å². The van der Waals surface area contributed by atoms with Crippen molar-refractivity contribution in [3.63, 3.8) is 0 Å². The summed E-state index contributed by atoms with van der Waals surface area (Å²) in [5.41, 5.74) is 0.698. The molecule has 1 amide bonds. The molecule has 0 aliphatic carbocycles. The smallest absolute Gasteiger partial charge is 0.338 e. The van der Waals surface area contributed by atoms with Crippen LogP contribution in [-0.2, 0) is 14.6 Å². The fraction of sp³-hybridized carbons (Fsp3) is 0.350. The highest BCUT2D eigenvalue weighted by molar-refractivity contribution is 7.90. The van der Waals surface area contributed by atoms with Gasteiger partial charge in [-0.3, -0.25) is 10.1 Å². The largest absolute Gasteiger partial charge is 0.407 e. The Morgan fingerprint density at radius 2 is 1.59 bits per heavy atom. The zero-order valence-electron chi connectivity index (χ0n) is 16.3. The molecule has 158 valence electrons. The Labute approximate surface area is 168 Å². The number of hydrogen-bond acceptors (Lipinski definition) is 4. The zero-order chi connectivity index (χ0) is 21.8. The summed E-state index contributed by atoms with van der Waals surface area (Å²) < 4.78 is 63.2. The molecule has 0 aromatic heterocycles. The second kappa shape index (κ2) is 8.96. The predicted octanol–water partition coefficient (Wildman–Crippen LogP) is 3.50. The van der Waals surface area contributed by atoms with E-state index in [2.05, 4.69) is 5.32 Å². The standard InChI is InChI=1S/C20H23F3N2O3S/c1-14(15-9-11-17(12-10-15)29(3,27)28)25(2)18(26)13-24-19(20(21,22)23)16-7-5-4-6-8-16/h4-12,14,19,24H,13H2,1-3H3.